The summed E-state index contributed by atoms with van der Waals surface area (Å²) in [6.45, 7) is -0.484. The summed E-state index contributed by atoms with van der Waals surface area (Å²) in [5.74, 6) is 0. The number of fused-ring (bicyclic) bond motifs is 1. The molecule has 2 heteroatoms. The summed E-state index contributed by atoms with van der Waals surface area (Å²) >= 11 is 0. The summed E-state index contributed by atoms with van der Waals surface area (Å²) in [4.78, 5) is 4.41. The molecule has 0 spiro atoms. The van der Waals surface area contributed by atoms with Gasteiger partial charge in [-0.3, -0.25) is 4.98 Å². The van der Waals surface area contributed by atoms with E-state index in [1.54, 1.807) is 6.20 Å². The Kier molecular flexibility index (Phi) is 2.77. The van der Waals surface area contributed by atoms with Gasteiger partial charge in [-0.05, 0) is 5.39 Å². The van der Waals surface area contributed by atoms with Crippen molar-refractivity contribution in [2.75, 3.05) is 0 Å². The predicted molar refractivity (Wildman–Crippen MR) is 72.0 cm³/mol. The smallest absolute Gasteiger partial charge is 0.117 e. The van der Waals surface area contributed by atoms with E-state index in [0.29, 0.717) is 5.56 Å². The molecule has 0 unspecified atom stereocenters. The number of hydrogen-bond acceptors (Lipinski definition) is 1. The Morgan fingerprint density at radius 1 is 0.833 bits per heavy atom. The first-order valence-electron chi connectivity index (χ1n) is 5.88. The fourth-order valence-corrected chi connectivity index (χ4v) is 2.18. The molecule has 0 saturated heterocycles. The van der Waals surface area contributed by atoms with Crippen LogP contribution in [-0.4, -0.2) is 4.98 Å². The van der Waals surface area contributed by atoms with Crippen LogP contribution in [0.15, 0.2) is 60.8 Å². The Morgan fingerprint density at radius 3 is 2.22 bits per heavy atom. The number of pyridine rings is 1. The Bertz CT molecular complexity index is 677. The minimum atomic E-state index is -0.484. The molecular weight excluding hydrogens is 225 g/mol. The van der Waals surface area contributed by atoms with Crippen molar-refractivity contribution in [2.24, 2.45) is 0 Å². The maximum Gasteiger partial charge on any atom is 0.117 e. The van der Waals surface area contributed by atoms with Crippen molar-refractivity contribution >= 4 is 10.8 Å². The molecule has 0 aliphatic carbocycles. The lowest BCUT2D eigenvalue weighted by Crippen LogP contribution is -1.90. The van der Waals surface area contributed by atoms with E-state index in [4.69, 9.17) is 0 Å². The van der Waals surface area contributed by atoms with Crippen LogP contribution in [0.2, 0.25) is 0 Å². The van der Waals surface area contributed by atoms with Gasteiger partial charge in [0, 0.05) is 22.7 Å². The van der Waals surface area contributed by atoms with Crippen LogP contribution >= 0.6 is 0 Å². The van der Waals surface area contributed by atoms with Crippen LogP contribution in [-0.2, 0) is 6.67 Å². The van der Waals surface area contributed by atoms with Crippen LogP contribution in [0.1, 0.15) is 5.56 Å². The lowest BCUT2D eigenvalue weighted by molar-refractivity contribution is 0.487. The minimum Gasteiger partial charge on any atom is -0.255 e. The molecule has 3 rings (SSSR count). The molecule has 1 heterocycles. The molecule has 0 amide bonds. The first-order valence-corrected chi connectivity index (χ1v) is 5.88. The molecule has 88 valence electrons. The van der Waals surface area contributed by atoms with Crippen LogP contribution in [0.3, 0.4) is 0 Å². The van der Waals surface area contributed by atoms with Gasteiger partial charge >= 0.3 is 0 Å². The summed E-state index contributed by atoms with van der Waals surface area (Å²) in [5.41, 5.74) is 2.60. The van der Waals surface area contributed by atoms with E-state index in [9.17, 15) is 4.39 Å². The summed E-state index contributed by atoms with van der Waals surface area (Å²) in [7, 11) is 0. The highest BCUT2D eigenvalue weighted by molar-refractivity contribution is 5.96. The van der Waals surface area contributed by atoms with Crippen molar-refractivity contribution in [3.05, 3.63) is 66.4 Å². The SMILES string of the molecule is FCc1cnc(-c2ccccc2)c2ccccc12. The number of rotatable bonds is 2. The first-order chi connectivity index (χ1) is 8.90. The van der Waals surface area contributed by atoms with Crippen LogP contribution in [0, 0.1) is 0 Å². The van der Waals surface area contributed by atoms with Crippen molar-refractivity contribution in [3.63, 3.8) is 0 Å². The number of hydrogen-bond donors (Lipinski definition) is 0. The van der Waals surface area contributed by atoms with E-state index >= 15 is 0 Å². The normalized spacial score (nSPS) is 10.7. The highest BCUT2D eigenvalue weighted by Gasteiger charge is 2.08. The lowest BCUT2D eigenvalue weighted by Gasteiger charge is -2.08. The molecule has 2 aromatic carbocycles. The van der Waals surface area contributed by atoms with Gasteiger partial charge in [0.2, 0.25) is 0 Å². The zero-order valence-corrected chi connectivity index (χ0v) is 9.81. The molecule has 18 heavy (non-hydrogen) atoms. The van der Waals surface area contributed by atoms with Crippen molar-refractivity contribution < 1.29 is 4.39 Å². The number of alkyl halides is 1. The molecule has 1 nitrogen and oxygen atoms in total. The first kappa shape index (κ1) is 10.9. The molecule has 0 atom stereocenters. The van der Waals surface area contributed by atoms with Crippen molar-refractivity contribution in [1.82, 2.24) is 4.98 Å². The minimum absolute atomic E-state index is 0.484. The third-order valence-electron chi connectivity index (χ3n) is 3.07. The highest BCUT2D eigenvalue weighted by atomic mass is 19.1. The molecule has 3 aromatic rings. The van der Waals surface area contributed by atoms with Gasteiger partial charge in [0.15, 0.2) is 0 Å². The van der Waals surface area contributed by atoms with E-state index in [1.165, 1.54) is 0 Å². The van der Waals surface area contributed by atoms with Gasteiger partial charge in [-0.25, -0.2) is 4.39 Å². The third-order valence-corrected chi connectivity index (χ3v) is 3.07. The van der Waals surface area contributed by atoms with Gasteiger partial charge in [0.25, 0.3) is 0 Å². The topological polar surface area (TPSA) is 12.9 Å². The summed E-state index contributed by atoms with van der Waals surface area (Å²) in [6, 6.07) is 17.8. The van der Waals surface area contributed by atoms with Crippen molar-refractivity contribution in [3.8, 4) is 11.3 Å². The summed E-state index contributed by atoms with van der Waals surface area (Å²) in [6.07, 6.45) is 1.63. The Morgan fingerprint density at radius 2 is 1.50 bits per heavy atom. The summed E-state index contributed by atoms with van der Waals surface area (Å²) in [5, 5.41) is 1.94. The van der Waals surface area contributed by atoms with E-state index < -0.39 is 6.67 Å². The molecule has 0 radical (unpaired) electrons. The number of aromatic nitrogens is 1. The van der Waals surface area contributed by atoms with Gasteiger partial charge in [-0.1, -0.05) is 54.6 Å². The molecule has 0 bridgehead atoms. The van der Waals surface area contributed by atoms with Crippen molar-refractivity contribution in [1.29, 1.82) is 0 Å². The molecule has 0 saturated carbocycles. The van der Waals surface area contributed by atoms with Crippen LogP contribution in [0.25, 0.3) is 22.0 Å². The molecular formula is C16H12FN. The molecule has 0 fully saturated rings. The van der Waals surface area contributed by atoms with Crippen molar-refractivity contribution in [2.45, 2.75) is 6.67 Å². The maximum atomic E-state index is 12.9. The van der Waals surface area contributed by atoms with E-state index in [2.05, 4.69) is 4.98 Å². The molecule has 0 aliphatic rings. The monoisotopic (exact) mass is 237 g/mol. The van der Waals surface area contributed by atoms with Gasteiger partial charge in [0.05, 0.1) is 5.69 Å². The number of nitrogens with zero attached hydrogens (tertiary/aromatic N) is 1. The van der Waals surface area contributed by atoms with Crippen LogP contribution < -0.4 is 0 Å². The van der Waals surface area contributed by atoms with E-state index in [-0.39, 0.29) is 0 Å². The van der Waals surface area contributed by atoms with Gasteiger partial charge < -0.3 is 0 Å². The second-order valence-electron chi connectivity index (χ2n) is 4.18. The molecule has 0 N–H and O–H groups in total. The average molecular weight is 237 g/mol. The second kappa shape index (κ2) is 4.57. The fourth-order valence-electron chi connectivity index (χ4n) is 2.18. The van der Waals surface area contributed by atoms with Gasteiger partial charge in [-0.15, -0.1) is 0 Å². The second-order valence-corrected chi connectivity index (χ2v) is 4.18. The largest absolute Gasteiger partial charge is 0.255 e. The quantitative estimate of drug-likeness (QED) is 0.645. The van der Waals surface area contributed by atoms with E-state index in [1.807, 2.05) is 54.6 Å². The zero-order chi connectivity index (χ0) is 12.4. The maximum absolute atomic E-state index is 12.9. The molecule has 0 aliphatic heterocycles. The van der Waals surface area contributed by atoms with Gasteiger partial charge in [-0.2, -0.15) is 0 Å². The highest BCUT2D eigenvalue weighted by Crippen LogP contribution is 2.28. The van der Waals surface area contributed by atoms with E-state index in [0.717, 1.165) is 22.0 Å². The fraction of sp³-hybridized carbons (Fsp3) is 0.0625. The Labute approximate surface area is 105 Å². The summed E-state index contributed by atoms with van der Waals surface area (Å²) < 4.78 is 12.9. The molecule has 1 aromatic heterocycles. The van der Waals surface area contributed by atoms with Crippen LogP contribution in [0.5, 0.6) is 0 Å². The predicted octanol–water partition coefficient (Wildman–Crippen LogP) is 4.37. The zero-order valence-electron chi connectivity index (χ0n) is 9.81. The van der Waals surface area contributed by atoms with Crippen LogP contribution in [0.4, 0.5) is 4.39 Å². The average Bonchev–Trinajstić information content (AvgIpc) is 2.47. The van der Waals surface area contributed by atoms with Gasteiger partial charge in [0.1, 0.15) is 6.67 Å². The Hall–Kier alpha value is -2.22. The lowest BCUT2D eigenvalue weighted by atomic mass is 10.0. The Balaban J connectivity index is 2.32. The number of halogens is 1. The third kappa shape index (κ3) is 1.76. The number of benzene rings is 2. The standard InChI is InChI=1S/C16H12FN/c17-10-13-11-18-16(12-6-2-1-3-7-12)15-9-5-4-8-14(13)15/h1-9,11H,10H2.